The summed E-state index contributed by atoms with van der Waals surface area (Å²) in [4.78, 5) is 11.3. The molecule has 0 aliphatic heterocycles. The molecule has 2 aromatic carbocycles. The zero-order valence-electron chi connectivity index (χ0n) is 11.4. The molecule has 0 spiro atoms. The lowest BCUT2D eigenvalue weighted by Gasteiger charge is -2.16. The van der Waals surface area contributed by atoms with Crippen molar-refractivity contribution in [1.82, 2.24) is 0 Å². The van der Waals surface area contributed by atoms with Gasteiger partial charge in [0.25, 0.3) is 0 Å². The highest BCUT2D eigenvalue weighted by molar-refractivity contribution is 9.10. The van der Waals surface area contributed by atoms with E-state index in [1.54, 1.807) is 25.1 Å². The molecule has 0 radical (unpaired) electrons. The van der Waals surface area contributed by atoms with Gasteiger partial charge in [-0.2, -0.15) is 0 Å². The van der Waals surface area contributed by atoms with E-state index in [2.05, 4.69) is 15.9 Å². The van der Waals surface area contributed by atoms with Gasteiger partial charge in [0.15, 0.2) is 0 Å². The van der Waals surface area contributed by atoms with Crippen LogP contribution in [0.3, 0.4) is 0 Å². The first-order valence-corrected chi connectivity index (χ1v) is 7.17. The molecule has 0 amide bonds. The Morgan fingerprint density at radius 3 is 2.57 bits per heavy atom. The van der Waals surface area contributed by atoms with E-state index in [0.717, 1.165) is 5.56 Å². The maximum absolute atomic E-state index is 11.3. The highest BCUT2D eigenvalue weighted by Crippen LogP contribution is 2.29. The Morgan fingerprint density at radius 2 is 1.95 bits per heavy atom. The molecule has 21 heavy (non-hydrogen) atoms. The summed E-state index contributed by atoms with van der Waals surface area (Å²) in [7, 11) is 0. The minimum absolute atomic E-state index is 0.00718. The molecule has 2 rings (SSSR count). The van der Waals surface area contributed by atoms with Crippen LogP contribution < -0.4 is 4.74 Å². The molecule has 110 valence electrons. The first-order valence-electron chi connectivity index (χ1n) is 6.38. The molecule has 0 saturated heterocycles. The van der Waals surface area contributed by atoms with E-state index in [1.165, 1.54) is 6.07 Å². The fraction of sp³-hybridized carbons (Fsp3) is 0.188. The van der Waals surface area contributed by atoms with Gasteiger partial charge in [-0.15, -0.1) is 0 Å². The van der Waals surface area contributed by atoms with Crippen molar-refractivity contribution in [2.75, 3.05) is 6.61 Å². The Balaban J connectivity index is 2.18. The molecule has 1 atom stereocenters. The second kappa shape index (κ2) is 6.74. The van der Waals surface area contributed by atoms with Crippen LogP contribution in [0.2, 0.25) is 0 Å². The van der Waals surface area contributed by atoms with Crippen LogP contribution in [-0.4, -0.2) is 22.8 Å². The standard InChI is InChI=1S/C16H15BrO4/c1-10-7-12(17)8-13(16(19)20)15(10)21-9-14(18)11-5-3-2-4-6-11/h2-8,14,18H,9H2,1H3,(H,19,20). The van der Waals surface area contributed by atoms with Crippen molar-refractivity contribution in [1.29, 1.82) is 0 Å². The number of aromatic carboxylic acids is 1. The molecular formula is C16H15BrO4. The summed E-state index contributed by atoms with van der Waals surface area (Å²) >= 11 is 3.26. The van der Waals surface area contributed by atoms with Crippen molar-refractivity contribution in [2.24, 2.45) is 0 Å². The van der Waals surface area contributed by atoms with Crippen molar-refractivity contribution in [3.8, 4) is 5.75 Å². The number of hydrogen-bond acceptors (Lipinski definition) is 3. The summed E-state index contributed by atoms with van der Waals surface area (Å²) < 4.78 is 6.22. The van der Waals surface area contributed by atoms with E-state index in [1.807, 2.05) is 18.2 Å². The van der Waals surface area contributed by atoms with Crippen molar-refractivity contribution in [2.45, 2.75) is 13.0 Å². The molecule has 2 N–H and O–H groups in total. The number of aryl methyl sites for hydroxylation is 1. The maximum Gasteiger partial charge on any atom is 0.339 e. The van der Waals surface area contributed by atoms with Gasteiger partial charge >= 0.3 is 5.97 Å². The lowest BCUT2D eigenvalue weighted by Crippen LogP contribution is -2.12. The van der Waals surface area contributed by atoms with Crippen molar-refractivity contribution < 1.29 is 19.7 Å². The lowest BCUT2D eigenvalue weighted by molar-refractivity contribution is 0.0682. The van der Waals surface area contributed by atoms with Crippen molar-refractivity contribution >= 4 is 21.9 Å². The average molecular weight is 351 g/mol. The van der Waals surface area contributed by atoms with E-state index in [4.69, 9.17) is 4.74 Å². The first-order chi connectivity index (χ1) is 9.99. The van der Waals surface area contributed by atoms with E-state index in [9.17, 15) is 15.0 Å². The van der Waals surface area contributed by atoms with Crippen LogP contribution in [0.4, 0.5) is 0 Å². The Bertz CT molecular complexity index is 640. The number of carbonyl (C=O) groups is 1. The molecule has 0 saturated carbocycles. The molecule has 0 aliphatic carbocycles. The molecule has 5 heteroatoms. The Hall–Kier alpha value is -1.85. The number of carboxylic acids is 1. The van der Waals surface area contributed by atoms with Gasteiger partial charge in [-0.25, -0.2) is 4.79 Å². The van der Waals surface area contributed by atoms with Crippen LogP contribution in [0.1, 0.15) is 27.6 Å². The number of carboxylic acid groups (broad SMARTS) is 1. The van der Waals surface area contributed by atoms with Gasteiger partial charge in [-0.3, -0.25) is 0 Å². The summed E-state index contributed by atoms with van der Waals surface area (Å²) in [6.45, 7) is 1.76. The number of aliphatic hydroxyl groups excluding tert-OH is 1. The van der Waals surface area contributed by atoms with Crippen LogP contribution >= 0.6 is 15.9 Å². The SMILES string of the molecule is Cc1cc(Br)cc(C(=O)O)c1OCC(O)c1ccccc1. The molecule has 0 fully saturated rings. The zero-order valence-corrected chi connectivity index (χ0v) is 13.0. The second-order valence-electron chi connectivity index (χ2n) is 4.64. The Morgan fingerprint density at radius 1 is 1.29 bits per heavy atom. The van der Waals surface area contributed by atoms with Gasteiger partial charge in [-0.05, 0) is 30.2 Å². The number of halogens is 1. The summed E-state index contributed by atoms with van der Waals surface area (Å²) in [5.74, 6) is -0.788. The lowest BCUT2D eigenvalue weighted by atomic mass is 10.1. The summed E-state index contributed by atoms with van der Waals surface area (Å²) in [5, 5.41) is 19.3. The average Bonchev–Trinajstić information content (AvgIpc) is 2.46. The largest absolute Gasteiger partial charge is 0.489 e. The predicted molar refractivity (Wildman–Crippen MR) is 82.7 cm³/mol. The van der Waals surface area contributed by atoms with Gasteiger partial charge in [0, 0.05) is 4.47 Å². The third kappa shape index (κ3) is 3.83. The molecular weight excluding hydrogens is 336 g/mol. The molecule has 0 heterocycles. The molecule has 4 nitrogen and oxygen atoms in total. The third-order valence-corrected chi connectivity index (χ3v) is 3.50. The summed E-state index contributed by atoms with van der Waals surface area (Å²) in [6, 6.07) is 12.4. The minimum atomic E-state index is -1.07. The molecule has 0 aromatic heterocycles. The van der Waals surface area contributed by atoms with Gasteiger partial charge in [0.2, 0.25) is 0 Å². The van der Waals surface area contributed by atoms with Crippen molar-refractivity contribution in [3.05, 3.63) is 63.6 Å². The van der Waals surface area contributed by atoms with Crippen LogP contribution in [0.5, 0.6) is 5.75 Å². The zero-order chi connectivity index (χ0) is 15.4. The fourth-order valence-corrected chi connectivity index (χ4v) is 2.59. The molecule has 0 aliphatic rings. The Kier molecular flexibility index (Phi) is 4.98. The van der Waals surface area contributed by atoms with Gasteiger partial charge in [0.1, 0.15) is 24.0 Å². The smallest absolute Gasteiger partial charge is 0.339 e. The highest BCUT2D eigenvalue weighted by atomic mass is 79.9. The fourth-order valence-electron chi connectivity index (χ4n) is 2.01. The second-order valence-corrected chi connectivity index (χ2v) is 5.56. The van der Waals surface area contributed by atoms with E-state index in [-0.39, 0.29) is 17.9 Å². The van der Waals surface area contributed by atoms with E-state index < -0.39 is 12.1 Å². The van der Waals surface area contributed by atoms with E-state index in [0.29, 0.717) is 10.0 Å². The van der Waals surface area contributed by atoms with Crippen LogP contribution in [0, 0.1) is 6.92 Å². The number of aliphatic hydroxyl groups is 1. The monoisotopic (exact) mass is 350 g/mol. The van der Waals surface area contributed by atoms with Crippen LogP contribution in [0.25, 0.3) is 0 Å². The van der Waals surface area contributed by atoms with Crippen molar-refractivity contribution in [3.63, 3.8) is 0 Å². The number of rotatable bonds is 5. The quantitative estimate of drug-likeness (QED) is 0.864. The predicted octanol–water partition coefficient (Wildman–Crippen LogP) is 3.57. The van der Waals surface area contributed by atoms with E-state index >= 15 is 0 Å². The Labute approximate surface area is 131 Å². The third-order valence-electron chi connectivity index (χ3n) is 3.04. The van der Waals surface area contributed by atoms with Gasteiger partial charge in [-0.1, -0.05) is 46.3 Å². The summed E-state index contributed by atoms with van der Waals surface area (Å²) in [6.07, 6.45) is -0.809. The molecule has 0 bridgehead atoms. The molecule has 1 unspecified atom stereocenters. The number of benzene rings is 2. The van der Waals surface area contributed by atoms with Gasteiger partial charge in [0.05, 0.1) is 0 Å². The minimum Gasteiger partial charge on any atom is -0.489 e. The molecule has 2 aromatic rings. The maximum atomic E-state index is 11.3. The van der Waals surface area contributed by atoms with Crippen LogP contribution in [0.15, 0.2) is 46.9 Å². The van der Waals surface area contributed by atoms with Crippen LogP contribution in [-0.2, 0) is 0 Å². The topological polar surface area (TPSA) is 66.8 Å². The number of hydrogen-bond donors (Lipinski definition) is 2. The highest BCUT2D eigenvalue weighted by Gasteiger charge is 2.17. The van der Waals surface area contributed by atoms with Gasteiger partial charge < -0.3 is 14.9 Å². The number of ether oxygens (including phenoxy) is 1. The summed E-state index contributed by atoms with van der Waals surface area (Å²) in [5.41, 5.74) is 1.49. The normalized spacial score (nSPS) is 12.0. The first kappa shape index (κ1) is 15.5.